The highest BCUT2D eigenvalue weighted by Crippen LogP contribution is 2.32. The molecule has 0 saturated heterocycles. The molecule has 1 atom stereocenters. The van der Waals surface area contributed by atoms with Gasteiger partial charge in [0.1, 0.15) is 0 Å². The number of benzene rings is 2. The summed E-state index contributed by atoms with van der Waals surface area (Å²) in [4.78, 5) is 23.3. The number of carbonyl (C=O) groups is 2. The number of carbonyl (C=O) groups excluding carboxylic acids is 2. The molecule has 2 aromatic rings. The largest absolute Gasteiger partial charge is 0.454 e. The van der Waals surface area contributed by atoms with Crippen LogP contribution in [0.3, 0.4) is 0 Å². The lowest BCUT2D eigenvalue weighted by Crippen LogP contribution is -2.24. The number of hydrogen-bond acceptors (Lipinski definition) is 4. The third-order valence-electron chi connectivity index (χ3n) is 3.89. The summed E-state index contributed by atoms with van der Waals surface area (Å²) < 4.78 is 10.6. The van der Waals surface area contributed by atoms with Crippen molar-refractivity contribution in [3.05, 3.63) is 59.7 Å². The van der Waals surface area contributed by atoms with Gasteiger partial charge < -0.3 is 20.1 Å². The summed E-state index contributed by atoms with van der Waals surface area (Å²) in [5.41, 5.74) is 2.46. The van der Waals surface area contributed by atoms with E-state index in [2.05, 4.69) is 10.6 Å². The summed E-state index contributed by atoms with van der Waals surface area (Å²) in [5.74, 6) is 1.04. The van der Waals surface area contributed by atoms with Crippen LogP contribution in [0, 0.1) is 0 Å². The van der Waals surface area contributed by atoms with E-state index < -0.39 is 0 Å². The van der Waals surface area contributed by atoms with Crippen LogP contribution in [-0.2, 0) is 9.59 Å². The monoisotopic (exact) mass is 352 g/mol. The molecule has 0 bridgehead atoms. The van der Waals surface area contributed by atoms with Crippen LogP contribution < -0.4 is 20.1 Å². The van der Waals surface area contributed by atoms with Gasteiger partial charge in [-0.05, 0) is 48.4 Å². The summed E-state index contributed by atoms with van der Waals surface area (Å²) in [5, 5.41) is 5.64. The minimum Gasteiger partial charge on any atom is -0.454 e. The number of ether oxygens (including phenoxy) is 2. The Morgan fingerprint density at radius 1 is 1.12 bits per heavy atom. The van der Waals surface area contributed by atoms with Gasteiger partial charge in [-0.15, -0.1) is 0 Å². The highest BCUT2D eigenvalue weighted by atomic mass is 16.7. The summed E-state index contributed by atoms with van der Waals surface area (Å²) in [6.07, 6.45) is 3.20. The minimum absolute atomic E-state index is 0.134. The Kier molecular flexibility index (Phi) is 5.22. The molecular formula is C20H20N2O4. The first-order valence-corrected chi connectivity index (χ1v) is 8.27. The lowest BCUT2D eigenvalue weighted by atomic mass is 10.1. The maximum absolute atomic E-state index is 12.2. The van der Waals surface area contributed by atoms with Crippen molar-refractivity contribution in [2.24, 2.45) is 0 Å². The molecule has 1 aliphatic rings. The van der Waals surface area contributed by atoms with Crippen LogP contribution in [0.5, 0.6) is 11.5 Å². The molecule has 0 aliphatic carbocycles. The van der Waals surface area contributed by atoms with Gasteiger partial charge in [0, 0.05) is 18.7 Å². The molecule has 2 amide bonds. The Balaban J connectivity index is 1.61. The van der Waals surface area contributed by atoms with E-state index >= 15 is 0 Å². The first-order valence-electron chi connectivity index (χ1n) is 8.27. The zero-order valence-electron chi connectivity index (χ0n) is 14.6. The Morgan fingerprint density at radius 3 is 2.73 bits per heavy atom. The predicted octanol–water partition coefficient (Wildman–Crippen LogP) is 3.26. The normalized spacial score (nSPS) is 13.5. The maximum Gasteiger partial charge on any atom is 0.244 e. The topological polar surface area (TPSA) is 76.7 Å². The van der Waals surface area contributed by atoms with E-state index in [-0.39, 0.29) is 24.6 Å². The second-order valence-electron chi connectivity index (χ2n) is 5.98. The molecule has 0 spiro atoms. The number of hydrogen-bond donors (Lipinski definition) is 2. The second kappa shape index (κ2) is 7.74. The van der Waals surface area contributed by atoms with Gasteiger partial charge in [-0.1, -0.05) is 18.2 Å². The third-order valence-corrected chi connectivity index (χ3v) is 3.89. The fourth-order valence-corrected chi connectivity index (χ4v) is 2.62. The van der Waals surface area contributed by atoms with E-state index in [4.69, 9.17) is 9.47 Å². The van der Waals surface area contributed by atoms with Gasteiger partial charge in [0.2, 0.25) is 18.6 Å². The molecule has 0 radical (unpaired) electrons. The summed E-state index contributed by atoms with van der Waals surface area (Å²) in [7, 11) is 0. The summed E-state index contributed by atoms with van der Waals surface area (Å²) in [6.45, 7) is 3.57. The fraction of sp³-hybridized carbons (Fsp3) is 0.200. The molecule has 26 heavy (non-hydrogen) atoms. The van der Waals surface area contributed by atoms with Crippen LogP contribution >= 0.6 is 0 Å². The fourth-order valence-electron chi connectivity index (χ4n) is 2.62. The molecule has 3 rings (SSSR count). The second-order valence-corrected chi connectivity index (χ2v) is 5.98. The summed E-state index contributed by atoms with van der Waals surface area (Å²) >= 11 is 0. The van der Waals surface area contributed by atoms with E-state index in [1.165, 1.54) is 13.0 Å². The zero-order chi connectivity index (χ0) is 18.5. The molecule has 1 heterocycles. The van der Waals surface area contributed by atoms with E-state index in [9.17, 15) is 9.59 Å². The van der Waals surface area contributed by atoms with E-state index in [0.717, 1.165) is 11.1 Å². The van der Waals surface area contributed by atoms with Gasteiger partial charge >= 0.3 is 0 Å². The molecule has 6 heteroatoms. The van der Waals surface area contributed by atoms with Crippen molar-refractivity contribution in [3.63, 3.8) is 0 Å². The highest BCUT2D eigenvalue weighted by molar-refractivity contribution is 5.92. The molecular weight excluding hydrogens is 332 g/mol. The van der Waals surface area contributed by atoms with E-state index in [0.29, 0.717) is 17.2 Å². The number of anilines is 1. The molecule has 1 aliphatic heterocycles. The van der Waals surface area contributed by atoms with E-state index in [1.807, 2.05) is 43.3 Å². The van der Waals surface area contributed by atoms with Crippen LogP contribution in [0.25, 0.3) is 6.08 Å². The molecule has 2 N–H and O–H groups in total. The Morgan fingerprint density at radius 2 is 1.92 bits per heavy atom. The first kappa shape index (κ1) is 17.5. The van der Waals surface area contributed by atoms with E-state index in [1.54, 1.807) is 12.1 Å². The van der Waals surface area contributed by atoms with Gasteiger partial charge in [-0.25, -0.2) is 0 Å². The van der Waals surface area contributed by atoms with Gasteiger partial charge in [0.15, 0.2) is 11.5 Å². The number of fused-ring (bicyclic) bond motifs is 1. The summed E-state index contributed by atoms with van der Waals surface area (Å²) in [6, 6.07) is 12.7. The van der Waals surface area contributed by atoms with Crippen molar-refractivity contribution in [3.8, 4) is 11.5 Å². The van der Waals surface area contributed by atoms with Crippen molar-refractivity contribution >= 4 is 23.6 Å². The zero-order valence-corrected chi connectivity index (χ0v) is 14.6. The van der Waals surface area contributed by atoms with Crippen LogP contribution in [0.15, 0.2) is 48.5 Å². The third kappa shape index (κ3) is 4.42. The molecule has 6 nitrogen and oxygen atoms in total. The van der Waals surface area contributed by atoms with Gasteiger partial charge in [-0.3, -0.25) is 9.59 Å². The van der Waals surface area contributed by atoms with Crippen LogP contribution in [0.1, 0.15) is 31.0 Å². The molecule has 0 aromatic heterocycles. The van der Waals surface area contributed by atoms with Gasteiger partial charge in [0.05, 0.1) is 6.04 Å². The first-order chi connectivity index (χ1) is 12.5. The van der Waals surface area contributed by atoms with Gasteiger partial charge in [-0.2, -0.15) is 0 Å². The predicted molar refractivity (Wildman–Crippen MR) is 98.9 cm³/mol. The lowest BCUT2D eigenvalue weighted by Gasteiger charge is -2.14. The molecule has 2 aromatic carbocycles. The minimum atomic E-state index is -0.208. The van der Waals surface area contributed by atoms with Gasteiger partial charge in [0.25, 0.3) is 0 Å². The molecule has 1 unspecified atom stereocenters. The Labute approximate surface area is 151 Å². The highest BCUT2D eigenvalue weighted by Gasteiger charge is 2.12. The van der Waals surface area contributed by atoms with Crippen LogP contribution in [0.4, 0.5) is 5.69 Å². The molecule has 0 saturated carbocycles. The SMILES string of the molecule is CC(=O)Nc1cccc(C(C)NC(=O)C=Cc2ccc3c(c2)OCO3)c1. The van der Waals surface area contributed by atoms with Crippen molar-refractivity contribution in [1.29, 1.82) is 0 Å². The average Bonchev–Trinajstić information content (AvgIpc) is 3.07. The molecule has 0 fully saturated rings. The standard InChI is InChI=1S/C20H20N2O4/c1-13(16-4-3-5-17(11-16)22-14(2)23)21-20(24)9-7-15-6-8-18-19(10-15)26-12-25-18/h3-11,13H,12H2,1-2H3,(H,21,24)(H,22,23). The maximum atomic E-state index is 12.2. The Hall–Kier alpha value is -3.28. The van der Waals surface area contributed by atoms with Crippen molar-refractivity contribution in [2.45, 2.75) is 19.9 Å². The van der Waals surface area contributed by atoms with Crippen LogP contribution in [0.2, 0.25) is 0 Å². The Bertz CT molecular complexity index is 861. The lowest BCUT2D eigenvalue weighted by molar-refractivity contribution is -0.117. The number of nitrogens with one attached hydrogen (secondary N) is 2. The molecule has 134 valence electrons. The number of amides is 2. The number of rotatable bonds is 5. The smallest absolute Gasteiger partial charge is 0.244 e. The quantitative estimate of drug-likeness (QED) is 0.810. The van der Waals surface area contributed by atoms with Crippen LogP contribution in [-0.4, -0.2) is 18.6 Å². The van der Waals surface area contributed by atoms with Crippen molar-refractivity contribution < 1.29 is 19.1 Å². The average molecular weight is 352 g/mol. The van der Waals surface area contributed by atoms with Crippen molar-refractivity contribution in [2.75, 3.05) is 12.1 Å². The van der Waals surface area contributed by atoms with Crippen molar-refractivity contribution in [1.82, 2.24) is 5.32 Å².